The number of amides is 3. The van der Waals surface area contributed by atoms with Gasteiger partial charge in [-0.2, -0.15) is 11.8 Å². The minimum absolute atomic E-state index is 0.00170. The Kier molecular flexibility index (Phi) is 5.33. The molecule has 108 valence electrons. The molecule has 2 fully saturated rings. The Labute approximate surface area is 117 Å². The molecule has 0 aliphatic carbocycles. The molecule has 6 nitrogen and oxygen atoms in total. The van der Waals surface area contributed by atoms with E-state index in [1.165, 1.54) is 0 Å². The van der Waals surface area contributed by atoms with Gasteiger partial charge in [-0.15, -0.1) is 0 Å². The molecule has 0 radical (unpaired) electrons. The topological polar surface area (TPSA) is 90.5 Å². The summed E-state index contributed by atoms with van der Waals surface area (Å²) in [5, 5.41) is 17.6. The van der Waals surface area contributed by atoms with Gasteiger partial charge in [0.25, 0.3) is 0 Å². The van der Waals surface area contributed by atoms with Crippen LogP contribution in [0.4, 0.5) is 4.79 Å². The second-order valence-corrected chi connectivity index (χ2v) is 6.21. The van der Waals surface area contributed by atoms with E-state index in [0.717, 1.165) is 25.0 Å². The number of carbonyl (C=O) groups excluding carboxylic acids is 2. The number of carbonyl (C=O) groups is 2. The van der Waals surface area contributed by atoms with Crippen molar-refractivity contribution in [3.8, 4) is 0 Å². The van der Waals surface area contributed by atoms with Crippen LogP contribution < -0.4 is 16.0 Å². The molecule has 3 amide bonds. The fourth-order valence-electron chi connectivity index (χ4n) is 2.56. The molecule has 7 heteroatoms. The van der Waals surface area contributed by atoms with Gasteiger partial charge >= 0.3 is 6.03 Å². The zero-order valence-electron chi connectivity index (χ0n) is 10.9. The number of fused-ring (bicyclic) bond motifs is 1. The molecule has 0 saturated carbocycles. The average molecular weight is 287 g/mol. The van der Waals surface area contributed by atoms with Crippen LogP contribution in [0.3, 0.4) is 0 Å². The lowest BCUT2D eigenvalue weighted by molar-refractivity contribution is -0.121. The van der Waals surface area contributed by atoms with Crippen LogP contribution in [0.15, 0.2) is 0 Å². The summed E-state index contributed by atoms with van der Waals surface area (Å²) in [6.45, 7) is 0.318. The molecule has 0 aromatic rings. The Morgan fingerprint density at radius 3 is 3.05 bits per heavy atom. The molecule has 0 aromatic heterocycles. The first kappa shape index (κ1) is 14.5. The van der Waals surface area contributed by atoms with E-state index in [1.54, 1.807) is 0 Å². The Hall–Kier alpha value is -0.950. The van der Waals surface area contributed by atoms with Crippen LogP contribution in [0.5, 0.6) is 0 Å². The van der Waals surface area contributed by atoms with Crippen molar-refractivity contribution in [1.82, 2.24) is 16.0 Å². The van der Waals surface area contributed by atoms with E-state index in [2.05, 4.69) is 16.0 Å². The summed E-state index contributed by atoms with van der Waals surface area (Å²) in [6, 6.07) is 0.472. The van der Waals surface area contributed by atoms with Crippen LogP contribution in [0, 0.1) is 0 Å². The molecule has 0 bridgehead atoms. The van der Waals surface area contributed by atoms with Crippen molar-refractivity contribution < 1.29 is 14.7 Å². The summed E-state index contributed by atoms with van der Waals surface area (Å²) in [5.74, 6) is 0.979. The molecule has 2 rings (SSSR count). The maximum atomic E-state index is 11.3. The fourth-order valence-corrected chi connectivity index (χ4v) is 4.10. The normalized spacial score (nSPS) is 28.7. The number of unbranched alkanes of at least 4 members (excludes halogenated alkanes) is 1. The van der Waals surface area contributed by atoms with E-state index in [0.29, 0.717) is 18.2 Å². The van der Waals surface area contributed by atoms with Crippen molar-refractivity contribution in [2.45, 2.75) is 43.0 Å². The quantitative estimate of drug-likeness (QED) is 0.386. The van der Waals surface area contributed by atoms with Gasteiger partial charge in [0.1, 0.15) is 0 Å². The van der Waals surface area contributed by atoms with Gasteiger partial charge in [-0.1, -0.05) is 6.42 Å². The SMILES string of the molecule is O=C(CCCC[C@@H]1SC[C@H]2NC(=O)N[C@@H]12)NCCO. The van der Waals surface area contributed by atoms with Gasteiger partial charge in [-0.05, 0) is 12.8 Å². The third kappa shape index (κ3) is 4.01. The average Bonchev–Trinajstić information content (AvgIpc) is 2.92. The summed E-state index contributed by atoms with van der Waals surface area (Å²) >= 11 is 1.90. The van der Waals surface area contributed by atoms with Crippen LogP contribution in [0.2, 0.25) is 0 Å². The van der Waals surface area contributed by atoms with Crippen LogP contribution in [-0.4, -0.2) is 53.3 Å². The van der Waals surface area contributed by atoms with Crippen molar-refractivity contribution in [3.63, 3.8) is 0 Å². The summed E-state index contributed by atoms with van der Waals surface area (Å²) in [4.78, 5) is 22.5. The minimum atomic E-state index is -0.0521. The van der Waals surface area contributed by atoms with Gasteiger partial charge in [0.05, 0.1) is 18.7 Å². The van der Waals surface area contributed by atoms with Gasteiger partial charge in [-0.25, -0.2) is 4.79 Å². The number of nitrogens with one attached hydrogen (secondary N) is 3. The smallest absolute Gasteiger partial charge is 0.315 e. The molecule has 2 saturated heterocycles. The molecule has 0 spiro atoms. The second kappa shape index (κ2) is 7.00. The number of thioether (sulfide) groups is 1. The first-order valence-corrected chi connectivity index (χ1v) is 7.82. The Balaban J connectivity index is 1.59. The molecule has 0 unspecified atom stereocenters. The maximum Gasteiger partial charge on any atom is 0.315 e. The highest BCUT2D eigenvalue weighted by atomic mass is 32.2. The third-order valence-electron chi connectivity index (χ3n) is 3.51. The highest BCUT2D eigenvalue weighted by Crippen LogP contribution is 2.33. The number of hydrogen-bond donors (Lipinski definition) is 4. The van der Waals surface area contributed by atoms with Crippen molar-refractivity contribution in [1.29, 1.82) is 0 Å². The zero-order chi connectivity index (χ0) is 13.7. The lowest BCUT2D eigenvalue weighted by Gasteiger charge is -2.16. The fraction of sp³-hybridized carbons (Fsp3) is 0.833. The van der Waals surface area contributed by atoms with Crippen LogP contribution >= 0.6 is 11.8 Å². The largest absolute Gasteiger partial charge is 0.395 e. The van der Waals surface area contributed by atoms with Crippen molar-refractivity contribution in [3.05, 3.63) is 0 Å². The highest BCUT2D eigenvalue weighted by Gasteiger charge is 2.42. The predicted molar refractivity (Wildman–Crippen MR) is 74.1 cm³/mol. The minimum Gasteiger partial charge on any atom is -0.395 e. The van der Waals surface area contributed by atoms with Crippen molar-refractivity contribution >= 4 is 23.7 Å². The first-order chi connectivity index (χ1) is 9.20. The van der Waals surface area contributed by atoms with Gasteiger partial charge in [0.15, 0.2) is 0 Å². The Bertz CT molecular complexity index is 340. The molecular formula is C12H21N3O3S. The van der Waals surface area contributed by atoms with Gasteiger partial charge in [0.2, 0.25) is 5.91 Å². The summed E-state index contributed by atoms with van der Waals surface area (Å²) in [5.41, 5.74) is 0. The van der Waals surface area contributed by atoms with Crippen molar-refractivity contribution in [2.24, 2.45) is 0 Å². The molecule has 19 heavy (non-hydrogen) atoms. The predicted octanol–water partition coefficient (Wildman–Crippen LogP) is -0.179. The highest BCUT2D eigenvalue weighted by molar-refractivity contribution is 8.00. The summed E-state index contributed by atoms with van der Waals surface area (Å²) in [6.07, 6.45) is 3.38. The standard InChI is InChI=1S/C12H21N3O3S/c16-6-5-13-10(17)4-2-1-3-9-11-8(7-19-9)14-12(18)15-11/h8-9,11,16H,1-7H2,(H,13,17)(H2,14,15,18)/t8-,9+,11-/m1/s1. The summed E-state index contributed by atoms with van der Waals surface area (Å²) in [7, 11) is 0. The molecule has 2 aliphatic heterocycles. The molecule has 4 N–H and O–H groups in total. The lowest BCUT2D eigenvalue weighted by atomic mass is 10.0. The number of aliphatic hydroxyl groups excluding tert-OH is 1. The maximum absolute atomic E-state index is 11.3. The molecular weight excluding hydrogens is 266 g/mol. The van der Waals surface area contributed by atoms with E-state index in [4.69, 9.17) is 5.11 Å². The lowest BCUT2D eigenvalue weighted by Crippen LogP contribution is -2.36. The molecule has 2 aliphatic rings. The van der Waals surface area contributed by atoms with E-state index < -0.39 is 0 Å². The van der Waals surface area contributed by atoms with E-state index >= 15 is 0 Å². The second-order valence-electron chi connectivity index (χ2n) is 4.94. The summed E-state index contributed by atoms with van der Waals surface area (Å²) < 4.78 is 0. The van der Waals surface area contributed by atoms with Crippen LogP contribution in [-0.2, 0) is 4.79 Å². The van der Waals surface area contributed by atoms with Crippen LogP contribution in [0.25, 0.3) is 0 Å². The molecule has 3 atom stereocenters. The first-order valence-electron chi connectivity index (χ1n) is 6.77. The van der Waals surface area contributed by atoms with E-state index in [9.17, 15) is 9.59 Å². The number of aliphatic hydroxyl groups is 1. The van der Waals surface area contributed by atoms with E-state index in [-0.39, 0.29) is 30.6 Å². The number of rotatable bonds is 7. The zero-order valence-corrected chi connectivity index (χ0v) is 11.7. The van der Waals surface area contributed by atoms with Gasteiger partial charge in [0, 0.05) is 24.0 Å². The third-order valence-corrected chi connectivity index (χ3v) is 5.02. The van der Waals surface area contributed by atoms with Gasteiger partial charge < -0.3 is 21.1 Å². The van der Waals surface area contributed by atoms with Crippen molar-refractivity contribution in [2.75, 3.05) is 18.9 Å². The number of hydrogen-bond acceptors (Lipinski definition) is 4. The monoisotopic (exact) mass is 287 g/mol. The molecule has 2 heterocycles. The van der Waals surface area contributed by atoms with Crippen LogP contribution in [0.1, 0.15) is 25.7 Å². The Morgan fingerprint density at radius 1 is 1.42 bits per heavy atom. The van der Waals surface area contributed by atoms with Gasteiger partial charge in [-0.3, -0.25) is 4.79 Å². The Morgan fingerprint density at radius 2 is 2.26 bits per heavy atom. The molecule has 0 aromatic carbocycles. The number of urea groups is 1. The van der Waals surface area contributed by atoms with E-state index in [1.807, 2.05) is 11.8 Å².